The smallest absolute Gasteiger partial charge is 0.0669 e. The third kappa shape index (κ3) is 10.7. The molecule has 0 atom stereocenters. The maximum Gasteiger partial charge on any atom is 0.0669 e. The first-order valence-electron chi connectivity index (χ1n) is 4.66. The van der Waals surface area contributed by atoms with Gasteiger partial charge in [-0.05, 0) is 5.56 Å². The van der Waals surface area contributed by atoms with Crippen LogP contribution in [0, 0.1) is 11.3 Å². The van der Waals surface area contributed by atoms with E-state index in [-0.39, 0.29) is 0 Å². The number of hydrogen-bond donors (Lipinski definition) is 0. The molecule has 0 unspecified atom stereocenters. The van der Waals surface area contributed by atoms with E-state index in [0.29, 0.717) is 6.42 Å². The molecule has 1 aromatic rings. The minimum absolute atomic E-state index is 0.515. The molecule has 0 N–H and O–H groups in total. The molecule has 0 aromatic heterocycles. The Hall–Kier alpha value is -1.33. The standard InChI is InChI=1S/C8H7N.C2H6O.C2H6/c9-7-6-8-4-2-1-3-5-8;1-3-2;1-2/h1-5H,6H2;1-2H3;1-2H3. The van der Waals surface area contributed by atoms with E-state index in [9.17, 15) is 0 Å². The average molecular weight is 193 g/mol. The quantitative estimate of drug-likeness (QED) is 0.686. The van der Waals surface area contributed by atoms with Crippen LogP contribution in [0.5, 0.6) is 0 Å². The molecular weight excluding hydrogens is 174 g/mol. The number of hydrogen-bond acceptors (Lipinski definition) is 2. The Morgan fingerprint density at radius 1 is 1.14 bits per heavy atom. The number of benzene rings is 1. The van der Waals surface area contributed by atoms with Gasteiger partial charge in [-0.25, -0.2) is 0 Å². The second kappa shape index (κ2) is 14.2. The lowest BCUT2D eigenvalue weighted by molar-refractivity contribution is 0.277. The first kappa shape index (κ1) is 15.2. The fourth-order valence-corrected chi connectivity index (χ4v) is 0.687. The second-order valence-corrected chi connectivity index (χ2v) is 2.23. The van der Waals surface area contributed by atoms with Crippen molar-refractivity contribution in [2.75, 3.05) is 14.2 Å². The van der Waals surface area contributed by atoms with Gasteiger partial charge in [-0.3, -0.25) is 0 Å². The Bertz CT molecular complexity index is 226. The molecule has 0 spiro atoms. The molecule has 78 valence electrons. The summed E-state index contributed by atoms with van der Waals surface area (Å²) in [5.74, 6) is 0. The zero-order valence-electron chi connectivity index (χ0n) is 9.45. The summed E-state index contributed by atoms with van der Waals surface area (Å²) in [6, 6.07) is 11.8. The van der Waals surface area contributed by atoms with Gasteiger partial charge in [0.1, 0.15) is 0 Å². The van der Waals surface area contributed by atoms with E-state index >= 15 is 0 Å². The van der Waals surface area contributed by atoms with Crippen molar-refractivity contribution in [2.45, 2.75) is 20.3 Å². The molecule has 0 radical (unpaired) electrons. The summed E-state index contributed by atoms with van der Waals surface area (Å²) < 4.78 is 4.25. The highest BCUT2D eigenvalue weighted by Crippen LogP contribution is 1.96. The van der Waals surface area contributed by atoms with Gasteiger partial charge in [0.15, 0.2) is 0 Å². The number of methoxy groups -OCH3 is 1. The maximum absolute atomic E-state index is 8.27. The Labute approximate surface area is 87.1 Å². The fraction of sp³-hybridized carbons (Fsp3) is 0.417. The van der Waals surface area contributed by atoms with Crippen molar-refractivity contribution < 1.29 is 4.74 Å². The molecular formula is C12H19NO. The van der Waals surface area contributed by atoms with Crippen LogP contribution in [0.15, 0.2) is 30.3 Å². The van der Waals surface area contributed by atoms with Crippen molar-refractivity contribution in [2.24, 2.45) is 0 Å². The van der Waals surface area contributed by atoms with E-state index in [0.717, 1.165) is 5.56 Å². The van der Waals surface area contributed by atoms with E-state index < -0.39 is 0 Å². The third-order valence-electron chi connectivity index (χ3n) is 1.13. The molecule has 0 heterocycles. The molecule has 0 bridgehead atoms. The van der Waals surface area contributed by atoms with Gasteiger partial charge in [0.2, 0.25) is 0 Å². The molecule has 0 saturated heterocycles. The first-order chi connectivity index (χ1) is 6.85. The van der Waals surface area contributed by atoms with Gasteiger partial charge in [-0.15, -0.1) is 0 Å². The fourth-order valence-electron chi connectivity index (χ4n) is 0.687. The lowest BCUT2D eigenvalue weighted by Gasteiger charge is -1.88. The van der Waals surface area contributed by atoms with Crippen molar-refractivity contribution in [1.82, 2.24) is 0 Å². The van der Waals surface area contributed by atoms with E-state index in [4.69, 9.17) is 5.26 Å². The van der Waals surface area contributed by atoms with Crippen LogP contribution >= 0.6 is 0 Å². The predicted octanol–water partition coefficient (Wildman–Crippen LogP) is 3.04. The molecule has 0 saturated carbocycles. The van der Waals surface area contributed by atoms with Gasteiger partial charge in [-0.1, -0.05) is 44.2 Å². The molecule has 0 amide bonds. The Morgan fingerprint density at radius 3 is 1.93 bits per heavy atom. The minimum Gasteiger partial charge on any atom is -0.388 e. The molecule has 1 aromatic carbocycles. The topological polar surface area (TPSA) is 33.0 Å². The molecule has 0 aliphatic carbocycles. The van der Waals surface area contributed by atoms with E-state index in [1.165, 1.54) is 0 Å². The highest BCUT2D eigenvalue weighted by atomic mass is 16.4. The van der Waals surface area contributed by atoms with Crippen molar-refractivity contribution in [1.29, 1.82) is 5.26 Å². The van der Waals surface area contributed by atoms with Crippen molar-refractivity contribution in [3.63, 3.8) is 0 Å². The van der Waals surface area contributed by atoms with Gasteiger partial charge < -0.3 is 4.74 Å². The summed E-state index contributed by atoms with van der Waals surface area (Å²) in [5, 5.41) is 8.27. The summed E-state index contributed by atoms with van der Waals surface area (Å²) >= 11 is 0. The molecule has 0 aliphatic rings. The highest BCUT2D eigenvalue weighted by Gasteiger charge is 1.84. The van der Waals surface area contributed by atoms with Crippen LogP contribution in [0.1, 0.15) is 19.4 Å². The van der Waals surface area contributed by atoms with Crippen LogP contribution in [0.2, 0.25) is 0 Å². The van der Waals surface area contributed by atoms with Crippen molar-refractivity contribution in [3.8, 4) is 6.07 Å². The van der Waals surface area contributed by atoms with E-state index in [1.807, 2.05) is 44.2 Å². The molecule has 2 heteroatoms. The SMILES string of the molecule is CC.COC.N#CCc1ccccc1. The molecule has 2 nitrogen and oxygen atoms in total. The van der Waals surface area contributed by atoms with Crippen LogP contribution in [0.3, 0.4) is 0 Å². The van der Waals surface area contributed by atoms with Gasteiger partial charge in [0.05, 0.1) is 12.5 Å². The molecule has 1 rings (SSSR count). The summed E-state index contributed by atoms with van der Waals surface area (Å²) in [7, 11) is 3.25. The maximum atomic E-state index is 8.27. The van der Waals surface area contributed by atoms with Crippen LogP contribution in [0.25, 0.3) is 0 Å². The van der Waals surface area contributed by atoms with E-state index in [2.05, 4.69) is 10.8 Å². The zero-order chi connectivity index (χ0) is 11.2. The Morgan fingerprint density at radius 2 is 1.57 bits per heavy atom. The zero-order valence-corrected chi connectivity index (χ0v) is 9.45. The summed E-state index contributed by atoms with van der Waals surface area (Å²) in [6.45, 7) is 4.00. The lowest BCUT2D eigenvalue weighted by atomic mass is 10.2. The average Bonchev–Trinajstić information content (AvgIpc) is 2.24. The summed E-state index contributed by atoms with van der Waals surface area (Å²) in [6.07, 6.45) is 0.515. The van der Waals surface area contributed by atoms with Crippen molar-refractivity contribution >= 4 is 0 Å². The largest absolute Gasteiger partial charge is 0.388 e. The molecule has 14 heavy (non-hydrogen) atoms. The lowest BCUT2D eigenvalue weighted by Crippen LogP contribution is -1.76. The predicted molar refractivity (Wildman–Crippen MR) is 60.0 cm³/mol. The third-order valence-corrected chi connectivity index (χ3v) is 1.13. The van der Waals surface area contributed by atoms with Gasteiger partial charge in [0.25, 0.3) is 0 Å². The normalized spacial score (nSPS) is 7.07. The number of ether oxygens (including phenoxy) is 1. The van der Waals surface area contributed by atoms with Crippen molar-refractivity contribution in [3.05, 3.63) is 35.9 Å². The number of rotatable bonds is 1. The monoisotopic (exact) mass is 193 g/mol. The minimum atomic E-state index is 0.515. The number of nitrogens with zero attached hydrogens (tertiary/aromatic N) is 1. The van der Waals surface area contributed by atoms with Gasteiger partial charge >= 0.3 is 0 Å². The van der Waals surface area contributed by atoms with Gasteiger partial charge in [-0.2, -0.15) is 5.26 Å². The molecule has 0 aliphatic heterocycles. The van der Waals surface area contributed by atoms with Crippen LogP contribution < -0.4 is 0 Å². The Kier molecular flexibility index (Phi) is 15.4. The second-order valence-electron chi connectivity index (χ2n) is 2.23. The van der Waals surface area contributed by atoms with Crippen LogP contribution in [-0.4, -0.2) is 14.2 Å². The molecule has 0 fully saturated rings. The highest BCUT2D eigenvalue weighted by molar-refractivity contribution is 5.17. The number of nitriles is 1. The van der Waals surface area contributed by atoms with Crippen LogP contribution in [-0.2, 0) is 11.2 Å². The summed E-state index contributed by atoms with van der Waals surface area (Å²) in [4.78, 5) is 0. The van der Waals surface area contributed by atoms with E-state index in [1.54, 1.807) is 14.2 Å². The first-order valence-corrected chi connectivity index (χ1v) is 4.66. The Balaban J connectivity index is 0. The summed E-state index contributed by atoms with van der Waals surface area (Å²) in [5.41, 5.74) is 1.08. The van der Waals surface area contributed by atoms with Crippen LogP contribution in [0.4, 0.5) is 0 Å². The van der Waals surface area contributed by atoms with Gasteiger partial charge in [0, 0.05) is 14.2 Å².